The predicted molar refractivity (Wildman–Crippen MR) is 66.5 cm³/mol. The van der Waals surface area contributed by atoms with Crippen LogP contribution in [0.2, 0.25) is 0 Å². The Morgan fingerprint density at radius 1 is 1.47 bits per heavy atom. The first kappa shape index (κ1) is 11.7. The third-order valence-corrected chi connectivity index (χ3v) is 4.80. The van der Waals surface area contributed by atoms with Crippen molar-refractivity contribution in [3.05, 3.63) is 0 Å². The molecule has 1 saturated heterocycles. The molecule has 2 rings (SSSR count). The number of hydrogen-bond donors (Lipinski definition) is 1. The summed E-state index contributed by atoms with van der Waals surface area (Å²) in [5, 5.41) is 0. The van der Waals surface area contributed by atoms with Gasteiger partial charge in [-0.2, -0.15) is 12.6 Å². The molecule has 2 unspecified atom stereocenters. The fraction of sp³-hybridized carbons (Fsp3) is 1.00. The maximum atomic E-state index is 5.54. The van der Waals surface area contributed by atoms with Crippen LogP contribution in [0, 0.1) is 11.3 Å². The lowest BCUT2D eigenvalue weighted by Gasteiger charge is -2.37. The lowest BCUT2D eigenvalue weighted by Crippen LogP contribution is -2.46. The van der Waals surface area contributed by atoms with Crippen LogP contribution in [0.15, 0.2) is 0 Å². The molecule has 1 heterocycles. The van der Waals surface area contributed by atoms with Crippen molar-refractivity contribution < 1.29 is 4.74 Å². The molecule has 0 radical (unpaired) electrons. The third-order valence-electron chi connectivity index (χ3n) is 4.13. The highest BCUT2D eigenvalue weighted by Crippen LogP contribution is 2.47. The van der Waals surface area contributed by atoms with E-state index < -0.39 is 0 Å². The van der Waals surface area contributed by atoms with Gasteiger partial charge in [-0.05, 0) is 42.9 Å². The minimum atomic E-state index is 0.439. The van der Waals surface area contributed by atoms with Crippen LogP contribution < -0.4 is 0 Å². The van der Waals surface area contributed by atoms with Crippen LogP contribution in [0.1, 0.15) is 26.2 Å². The summed E-state index contributed by atoms with van der Waals surface area (Å²) in [5.41, 5.74) is 0.558. The van der Waals surface area contributed by atoms with E-state index in [1.807, 2.05) is 7.11 Å². The molecule has 0 aromatic carbocycles. The number of rotatable bonds is 4. The van der Waals surface area contributed by atoms with Gasteiger partial charge in [0.15, 0.2) is 0 Å². The first-order chi connectivity index (χ1) is 7.19. The summed E-state index contributed by atoms with van der Waals surface area (Å²) in [6.07, 6.45) is 4.47. The molecule has 0 spiro atoms. The lowest BCUT2D eigenvalue weighted by molar-refractivity contribution is -0.00959. The molecule has 1 aliphatic heterocycles. The average Bonchev–Trinajstić information content (AvgIpc) is 3.02. The Morgan fingerprint density at radius 3 is 2.73 bits per heavy atom. The van der Waals surface area contributed by atoms with Crippen molar-refractivity contribution in [1.29, 1.82) is 0 Å². The SMILES string of the molecule is COC1CN(CC2(CS)CC2)CCC1C. The normalized spacial score (nSPS) is 35.4. The molecular weight excluding hydrogens is 206 g/mol. The van der Waals surface area contributed by atoms with Gasteiger partial charge >= 0.3 is 0 Å². The van der Waals surface area contributed by atoms with Crippen molar-refractivity contribution in [2.75, 3.05) is 32.5 Å². The van der Waals surface area contributed by atoms with E-state index in [0.717, 1.165) is 18.2 Å². The maximum absolute atomic E-state index is 5.54. The van der Waals surface area contributed by atoms with Gasteiger partial charge in [0.25, 0.3) is 0 Å². The maximum Gasteiger partial charge on any atom is 0.0724 e. The molecule has 2 atom stereocenters. The van der Waals surface area contributed by atoms with Crippen LogP contribution in [-0.4, -0.2) is 43.5 Å². The molecule has 1 saturated carbocycles. The Bertz CT molecular complexity index is 218. The topological polar surface area (TPSA) is 12.5 Å². The van der Waals surface area contributed by atoms with Crippen LogP contribution in [0.3, 0.4) is 0 Å². The van der Waals surface area contributed by atoms with Crippen LogP contribution >= 0.6 is 12.6 Å². The highest BCUT2D eigenvalue weighted by atomic mass is 32.1. The first-order valence-electron chi connectivity index (χ1n) is 6.05. The predicted octanol–water partition coefficient (Wildman–Crippen LogP) is 2.05. The second-order valence-electron chi connectivity index (χ2n) is 5.43. The summed E-state index contributed by atoms with van der Waals surface area (Å²) in [7, 11) is 1.84. The molecule has 0 amide bonds. The fourth-order valence-electron chi connectivity index (χ4n) is 2.57. The van der Waals surface area contributed by atoms with Gasteiger partial charge in [0.2, 0.25) is 0 Å². The minimum absolute atomic E-state index is 0.439. The number of ether oxygens (including phenoxy) is 1. The molecule has 0 aromatic heterocycles. The Kier molecular flexibility index (Phi) is 3.63. The van der Waals surface area contributed by atoms with Crippen molar-refractivity contribution in [2.45, 2.75) is 32.3 Å². The Hall–Kier alpha value is 0.270. The highest BCUT2D eigenvalue weighted by Gasteiger charge is 2.43. The molecule has 0 aromatic rings. The van der Waals surface area contributed by atoms with Crippen LogP contribution in [0.4, 0.5) is 0 Å². The quantitative estimate of drug-likeness (QED) is 0.741. The van der Waals surface area contributed by atoms with Crippen molar-refractivity contribution in [1.82, 2.24) is 4.90 Å². The molecule has 0 bridgehead atoms. The number of nitrogens with zero attached hydrogens (tertiary/aromatic N) is 1. The van der Waals surface area contributed by atoms with Crippen LogP contribution in [-0.2, 0) is 4.74 Å². The van der Waals surface area contributed by atoms with Crippen LogP contribution in [0.25, 0.3) is 0 Å². The van der Waals surface area contributed by atoms with Crippen molar-refractivity contribution in [2.24, 2.45) is 11.3 Å². The van der Waals surface area contributed by atoms with Gasteiger partial charge in [0.1, 0.15) is 0 Å². The van der Waals surface area contributed by atoms with E-state index in [1.165, 1.54) is 32.4 Å². The standard InChI is InChI=1S/C12H23NOS/c1-10-3-6-13(7-11(10)14-2)8-12(9-15)4-5-12/h10-11,15H,3-9H2,1-2H3. The van der Waals surface area contributed by atoms with E-state index in [9.17, 15) is 0 Å². The zero-order chi connectivity index (χ0) is 10.9. The first-order valence-corrected chi connectivity index (χ1v) is 6.68. The van der Waals surface area contributed by atoms with E-state index in [2.05, 4.69) is 24.5 Å². The summed E-state index contributed by atoms with van der Waals surface area (Å²) >= 11 is 4.47. The van der Waals surface area contributed by atoms with Crippen molar-refractivity contribution in [3.8, 4) is 0 Å². The van der Waals surface area contributed by atoms with Gasteiger partial charge in [0.05, 0.1) is 6.10 Å². The fourth-order valence-corrected chi connectivity index (χ4v) is 2.98. The number of piperidine rings is 1. The van der Waals surface area contributed by atoms with Gasteiger partial charge < -0.3 is 9.64 Å². The van der Waals surface area contributed by atoms with E-state index in [0.29, 0.717) is 11.5 Å². The molecule has 88 valence electrons. The number of thiol groups is 1. The second-order valence-corrected chi connectivity index (χ2v) is 5.75. The van der Waals surface area contributed by atoms with Gasteiger partial charge in [-0.25, -0.2) is 0 Å². The summed E-state index contributed by atoms with van der Waals surface area (Å²) in [6, 6.07) is 0. The smallest absolute Gasteiger partial charge is 0.0724 e. The number of likely N-dealkylation sites (tertiary alicyclic amines) is 1. The average molecular weight is 229 g/mol. The van der Waals surface area contributed by atoms with Crippen molar-refractivity contribution in [3.63, 3.8) is 0 Å². The van der Waals surface area contributed by atoms with E-state index >= 15 is 0 Å². The molecule has 1 aliphatic carbocycles. The molecular formula is C12H23NOS. The Labute approximate surface area is 98.8 Å². The van der Waals surface area contributed by atoms with Crippen LogP contribution in [0.5, 0.6) is 0 Å². The van der Waals surface area contributed by atoms with Gasteiger partial charge in [-0.15, -0.1) is 0 Å². The van der Waals surface area contributed by atoms with Gasteiger partial charge in [0, 0.05) is 20.2 Å². The molecule has 0 N–H and O–H groups in total. The molecule has 3 heteroatoms. The Morgan fingerprint density at radius 2 is 2.20 bits per heavy atom. The zero-order valence-electron chi connectivity index (χ0n) is 9.91. The monoisotopic (exact) mass is 229 g/mol. The summed E-state index contributed by atoms with van der Waals surface area (Å²) in [6.45, 7) is 5.91. The molecule has 2 aliphatic rings. The zero-order valence-corrected chi connectivity index (χ0v) is 10.8. The molecule has 15 heavy (non-hydrogen) atoms. The molecule has 2 fully saturated rings. The van der Waals surface area contributed by atoms with Gasteiger partial charge in [-0.1, -0.05) is 6.92 Å². The van der Waals surface area contributed by atoms with Gasteiger partial charge in [-0.3, -0.25) is 0 Å². The lowest BCUT2D eigenvalue weighted by atomic mass is 9.94. The highest BCUT2D eigenvalue weighted by molar-refractivity contribution is 7.80. The van der Waals surface area contributed by atoms with E-state index in [-0.39, 0.29) is 0 Å². The number of hydrogen-bond acceptors (Lipinski definition) is 3. The largest absolute Gasteiger partial charge is 0.380 e. The summed E-state index contributed by atoms with van der Waals surface area (Å²) in [5.74, 6) is 1.77. The summed E-state index contributed by atoms with van der Waals surface area (Å²) in [4.78, 5) is 2.58. The third kappa shape index (κ3) is 2.69. The minimum Gasteiger partial charge on any atom is -0.380 e. The second kappa shape index (κ2) is 4.64. The molecule has 2 nitrogen and oxygen atoms in total. The number of methoxy groups -OCH3 is 1. The summed E-state index contributed by atoms with van der Waals surface area (Å²) < 4.78 is 5.54. The van der Waals surface area contributed by atoms with E-state index in [1.54, 1.807) is 0 Å². The Balaban J connectivity index is 1.84. The van der Waals surface area contributed by atoms with Crippen molar-refractivity contribution >= 4 is 12.6 Å². The van der Waals surface area contributed by atoms with E-state index in [4.69, 9.17) is 4.74 Å².